The molecule has 3 nitrogen and oxygen atoms in total. The Bertz CT molecular complexity index is 634. The Kier molecular flexibility index (Phi) is 4.25. The topological polar surface area (TPSA) is 29.5 Å². The van der Waals surface area contributed by atoms with Crippen molar-refractivity contribution in [3.8, 4) is 11.1 Å². The summed E-state index contributed by atoms with van der Waals surface area (Å²) in [6.45, 7) is 4.65. The Morgan fingerprint density at radius 1 is 1.00 bits per heavy atom. The number of nitrogens with zero attached hydrogens (tertiary/aromatic N) is 1. The van der Waals surface area contributed by atoms with Gasteiger partial charge in [0.2, 0.25) is 0 Å². The first-order valence-electron chi connectivity index (χ1n) is 7.77. The third-order valence-corrected chi connectivity index (χ3v) is 3.88. The highest BCUT2D eigenvalue weighted by molar-refractivity contribution is 5.99. The summed E-state index contributed by atoms with van der Waals surface area (Å²) >= 11 is 0. The van der Waals surface area contributed by atoms with Crippen LogP contribution in [0.2, 0.25) is 0 Å². The van der Waals surface area contributed by atoms with Crippen LogP contribution in [-0.4, -0.2) is 24.7 Å². The summed E-state index contributed by atoms with van der Waals surface area (Å²) in [4.78, 5) is 14.2. The molecular formula is C19H21NO2. The third-order valence-electron chi connectivity index (χ3n) is 3.88. The molecule has 1 amide bonds. The lowest BCUT2D eigenvalue weighted by Crippen LogP contribution is -2.31. The van der Waals surface area contributed by atoms with Crippen molar-refractivity contribution >= 4 is 11.6 Å². The largest absolute Gasteiger partial charge is 0.366 e. The molecule has 0 saturated carbocycles. The molecule has 0 N–H and O–H groups in total. The summed E-state index contributed by atoms with van der Waals surface area (Å²) in [6.07, 6.45) is 0.542. The van der Waals surface area contributed by atoms with Crippen molar-refractivity contribution in [1.82, 2.24) is 0 Å². The zero-order valence-electron chi connectivity index (χ0n) is 13.0. The molecule has 0 aromatic heterocycles. The maximum atomic E-state index is 12.4. The van der Waals surface area contributed by atoms with Crippen LogP contribution in [0, 0.1) is 0 Å². The highest BCUT2D eigenvalue weighted by atomic mass is 16.5. The second-order valence-corrected chi connectivity index (χ2v) is 5.86. The van der Waals surface area contributed by atoms with E-state index in [1.165, 1.54) is 5.56 Å². The minimum Gasteiger partial charge on any atom is -0.366 e. The fourth-order valence-corrected chi connectivity index (χ4v) is 2.83. The van der Waals surface area contributed by atoms with Gasteiger partial charge >= 0.3 is 0 Å². The number of rotatable bonds is 4. The number of anilines is 1. The number of amides is 1. The maximum Gasteiger partial charge on any atom is 0.256 e. The van der Waals surface area contributed by atoms with Crippen LogP contribution in [0.3, 0.4) is 0 Å². The molecule has 0 aliphatic carbocycles. The first-order chi connectivity index (χ1) is 10.6. The van der Waals surface area contributed by atoms with Gasteiger partial charge in [-0.05, 0) is 37.1 Å². The molecule has 1 aliphatic heterocycles. The fourth-order valence-electron chi connectivity index (χ4n) is 2.83. The minimum atomic E-state index is -0.297. The second-order valence-electron chi connectivity index (χ2n) is 5.86. The van der Waals surface area contributed by atoms with E-state index in [9.17, 15) is 4.79 Å². The van der Waals surface area contributed by atoms with Crippen molar-refractivity contribution in [2.24, 2.45) is 0 Å². The van der Waals surface area contributed by atoms with Gasteiger partial charge in [0.1, 0.15) is 6.10 Å². The average Bonchev–Trinajstić information content (AvgIpc) is 2.89. The van der Waals surface area contributed by atoms with E-state index in [0.29, 0.717) is 0 Å². The summed E-state index contributed by atoms with van der Waals surface area (Å²) in [7, 11) is 0. The molecule has 1 heterocycles. The Balaban J connectivity index is 1.75. The predicted octanol–water partition coefficient (Wildman–Crippen LogP) is 3.88. The highest BCUT2D eigenvalue weighted by Gasteiger charge is 2.33. The normalized spacial score (nSPS) is 18.2. The van der Waals surface area contributed by atoms with E-state index in [0.717, 1.165) is 24.2 Å². The molecule has 114 valence electrons. The van der Waals surface area contributed by atoms with E-state index in [1.807, 2.05) is 49.1 Å². The summed E-state index contributed by atoms with van der Waals surface area (Å²) in [5.74, 6) is 0.0705. The third kappa shape index (κ3) is 3.04. The summed E-state index contributed by atoms with van der Waals surface area (Å²) in [6, 6.07) is 18.4. The molecule has 0 spiro atoms. The number of ether oxygens (including phenoxy) is 1. The number of hydrogen-bond donors (Lipinski definition) is 0. The van der Waals surface area contributed by atoms with Crippen LogP contribution in [-0.2, 0) is 9.53 Å². The van der Waals surface area contributed by atoms with Gasteiger partial charge in [-0.2, -0.15) is 0 Å². The summed E-state index contributed by atoms with van der Waals surface area (Å²) in [5, 5.41) is 0. The molecule has 1 aliphatic rings. The molecule has 3 heteroatoms. The Labute approximate surface area is 131 Å². The molecule has 2 aromatic rings. The van der Waals surface area contributed by atoms with Crippen LogP contribution in [0.25, 0.3) is 11.1 Å². The van der Waals surface area contributed by atoms with Crippen LogP contribution < -0.4 is 4.90 Å². The first kappa shape index (κ1) is 14.8. The molecule has 2 aromatic carbocycles. The molecule has 1 atom stereocenters. The first-order valence-corrected chi connectivity index (χ1v) is 7.77. The molecule has 3 rings (SSSR count). The van der Waals surface area contributed by atoms with E-state index in [2.05, 4.69) is 24.3 Å². The van der Waals surface area contributed by atoms with Crippen LogP contribution in [0.5, 0.6) is 0 Å². The van der Waals surface area contributed by atoms with Gasteiger partial charge in [0.25, 0.3) is 5.91 Å². The van der Waals surface area contributed by atoms with Gasteiger partial charge in [0.15, 0.2) is 0 Å². The van der Waals surface area contributed by atoms with Gasteiger partial charge in [-0.1, -0.05) is 42.5 Å². The number of carbonyl (C=O) groups is 1. The SMILES string of the molecule is CC(C)OC1CCN(c2ccc(-c3ccccc3)cc2)C1=O. The van der Waals surface area contributed by atoms with Crippen molar-refractivity contribution in [2.75, 3.05) is 11.4 Å². The lowest BCUT2D eigenvalue weighted by molar-refractivity contribution is -0.129. The Morgan fingerprint density at radius 3 is 2.27 bits per heavy atom. The average molecular weight is 295 g/mol. The minimum absolute atomic E-state index is 0.0705. The van der Waals surface area contributed by atoms with Gasteiger partial charge in [-0.15, -0.1) is 0 Å². The van der Waals surface area contributed by atoms with E-state index >= 15 is 0 Å². The monoisotopic (exact) mass is 295 g/mol. The lowest BCUT2D eigenvalue weighted by Gasteiger charge is -2.18. The van der Waals surface area contributed by atoms with Crippen molar-refractivity contribution < 1.29 is 9.53 Å². The zero-order valence-corrected chi connectivity index (χ0v) is 13.0. The van der Waals surface area contributed by atoms with Crippen molar-refractivity contribution in [3.63, 3.8) is 0 Å². The highest BCUT2D eigenvalue weighted by Crippen LogP contribution is 2.27. The number of hydrogen-bond acceptors (Lipinski definition) is 2. The zero-order chi connectivity index (χ0) is 15.5. The van der Waals surface area contributed by atoms with Crippen molar-refractivity contribution in [2.45, 2.75) is 32.5 Å². The van der Waals surface area contributed by atoms with E-state index in [4.69, 9.17) is 4.74 Å². The second kappa shape index (κ2) is 6.32. The van der Waals surface area contributed by atoms with E-state index < -0.39 is 0 Å². The number of carbonyl (C=O) groups excluding carboxylic acids is 1. The van der Waals surface area contributed by atoms with Crippen LogP contribution >= 0.6 is 0 Å². The Morgan fingerprint density at radius 2 is 1.64 bits per heavy atom. The summed E-state index contributed by atoms with van der Waals surface area (Å²) < 4.78 is 5.68. The van der Waals surface area contributed by atoms with Crippen molar-refractivity contribution in [3.05, 3.63) is 54.6 Å². The standard InChI is InChI=1S/C19H21NO2/c1-14(2)22-18-12-13-20(19(18)21)17-10-8-16(9-11-17)15-6-4-3-5-7-15/h3-11,14,18H,12-13H2,1-2H3. The smallest absolute Gasteiger partial charge is 0.256 e. The fraction of sp³-hybridized carbons (Fsp3) is 0.316. The molecule has 1 fully saturated rings. The molecule has 22 heavy (non-hydrogen) atoms. The summed E-state index contributed by atoms with van der Waals surface area (Å²) in [5.41, 5.74) is 3.29. The van der Waals surface area contributed by atoms with Crippen LogP contribution in [0.4, 0.5) is 5.69 Å². The van der Waals surface area contributed by atoms with Crippen LogP contribution in [0.1, 0.15) is 20.3 Å². The molecule has 1 unspecified atom stereocenters. The number of benzene rings is 2. The molecular weight excluding hydrogens is 274 g/mol. The van der Waals surface area contributed by atoms with Gasteiger partial charge in [0, 0.05) is 18.7 Å². The molecule has 0 radical (unpaired) electrons. The maximum absolute atomic E-state index is 12.4. The van der Waals surface area contributed by atoms with Crippen molar-refractivity contribution in [1.29, 1.82) is 0 Å². The lowest BCUT2D eigenvalue weighted by atomic mass is 10.1. The van der Waals surface area contributed by atoms with Crippen LogP contribution in [0.15, 0.2) is 54.6 Å². The van der Waals surface area contributed by atoms with E-state index in [1.54, 1.807) is 0 Å². The van der Waals surface area contributed by atoms with E-state index in [-0.39, 0.29) is 18.1 Å². The van der Waals surface area contributed by atoms with Gasteiger partial charge in [-0.25, -0.2) is 0 Å². The molecule has 1 saturated heterocycles. The predicted molar refractivity (Wildman–Crippen MR) is 88.9 cm³/mol. The van der Waals surface area contributed by atoms with Gasteiger partial charge < -0.3 is 9.64 Å². The quantitative estimate of drug-likeness (QED) is 0.856. The Hall–Kier alpha value is -2.13. The van der Waals surface area contributed by atoms with Gasteiger partial charge in [0.05, 0.1) is 6.10 Å². The molecule has 0 bridgehead atoms. The van der Waals surface area contributed by atoms with Gasteiger partial charge in [-0.3, -0.25) is 4.79 Å².